The Morgan fingerprint density at radius 1 is 0.923 bits per heavy atom. The lowest BCUT2D eigenvalue weighted by molar-refractivity contribution is -0.138. The number of fused-ring (bicyclic) bond motifs is 5. The first-order valence-electron chi connectivity index (χ1n) is 12.2. The highest BCUT2D eigenvalue weighted by molar-refractivity contribution is 5.10. The molecule has 0 saturated heterocycles. The first kappa shape index (κ1) is 19.3. The normalized spacial score (nSPS) is 52.0. The van der Waals surface area contributed by atoms with E-state index in [1.165, 1.54) is 64.2 Å². The smallest absolute Gasteiger partial charge is 0.00746 e. The molecule has 0 aromatic rings. The fourth-order valence-corrected chi connectivity index (χ4v) is 9.46. The molecule has 0 amide bonds. The van der Waals surface area contributed by atoms with Crippen molar-refractivity contribution >= 4 is 0 Å². The number of hydrogen-bond acceptors (Lipinski definition) is 1. The second-order valence-corrected chi connectivity index (χ2v) is 11.4. The van der Waals surface area contributed by atoms with Gasteiger partial charge < -0.3 is 5.73 Å². The van der Waals surface area contributed by atoms with Crippen molar-refractivity contribution in [1.29, 1.82) is 0 Å². The van der Waals surface area contributed by atoms with Crippen LogP contribution in [-0.2, 0) is 0 Å². The molecule has 26 heavy (non-hydrogen) atoms. The molecule has 4 aliphatic rings. The van der Waals surface area contributed by atoms with Crippen LogP contribution in [0.3, 0.4) is 0 Å². The predicted octanol–water partition coefficient (Wildman–Crippen LogP) is 6.66. The summed E-state index contributed by atoms with van der Waals surface area (Å²) >= 11 is 0. The van der Waals surface area contributed by atoms with Gasteiger partial charge in [0.2, 0.25) is 0 Å². The maximum Gasteiger partial charge on any atom is -0.00746 e. The molecule has 0 bridgehead atoms. The molecular formula is C25H45N. The zero-order valence-electron chi connectivity index (χ0n) is 18.1. The summed E-state index contributed by atoms with van der Waals surface area (Å²) in [5.41, 5.74) is 7.23. The van der Waals surface area contributed by atoms with Crippen molar-refractivity contribution in [1.82, 2.24) is 0 Å². The minimum Gasteiger partial charge on any atom is -0.330 e. The Labute approximate surface area is 163 Å². The van der Waals surface area contributed by atoms with E-state index in [0.717, 1.165) is 48.0 Å². The van der Waals surface area contributed by atoms with Crippen LogP contribution < -0.4 is 5.73 Å². The lowest BCUT2D eigenvalue weighted by Gasteiger charge is -2.63. The summed E-state index contributed by atoms with van der Waals surface area (Å²) < 4.78 is 0. The highest BCUT2D eigenvalue weighted by atomic mass is 14.7. The SMILES string of the molecule is CC[C@H]1CC2C3CCC([C@H](C)CCN)C3(C)CC[C@@H]2C2(C)CCCCC12. The van der Waals surface area contributed by atoms with E-state index in [2.05, 4.69) is 27.7 Å². The van der Waals surface area contributed by atoms with E-state index in [1.807, 2.05) is 0 Å². The first-order chi connectivity index (χ1) is 12.5. The molecule has 0 aromatic heterocycles. The molecule has 9 atom stereocenters. The van der Waals surface area contributed by atoms with Crippen LogP contribution in [0.2, 0.25) is 0 Å². The minimum atomic E-state index is 0.617. The standard InChI is InChI=1S/C25H45N/c1-5-18-16-19-22-10-9-20(17(2)12-15-26)25(22,4)14-11-23(19)24(3)13-7-6-8-21(18)24/h17-23H,5-16,26H2,1-4H3/t17-,18+,19?,20?,21?,22?,23+,24?,25?/m1/s1. The van der Waals surface area contributed by atoms with E-state index < -0.39 is 0 Å². The Bertz CT molecular complexity index is 500. The van der Waals surface area contributed by atoms with E-state index in [9.17, 15) is 0 Å². The van der Waals surface area contributed by atoms with Gasteiger partial charge in [0.25, 0.3) is 0 Å². The van der Waals surface area contributed by atoms with Gasteiger partial charge >= 0.3 is 0 Å². The Morgan fingerprint density at radius 2 is 1.69 bits per heavy atom. The van der Waals surface area contributed by atoms with E-state index in [0.29, 0.717) is 10.8 Å². The molecule has 0 aliphatic heterocycles. The van der Waals surface area contributed by atoms with Crippen LogP contribution in [0.1, 0.15) is 98.3 Å². The lowest BCUT2D eigenvalue weighted by Crippen LogP contribution is -2.55. The highest BCUT2D eigenvalue weighted by Gasteiger charge is 2.61. The van der Waals surface area contributed by atoms with Crippen molar-refractivity contribution in [2.75, 3.05) is 6.54 Å². The third kappa shape index (κ3) is 2.73. The van der Waals surface area contributed by atoms with E-state index in [4.69, 9.17) is 5.73 Å². The summed E-state index contributed by atoms with van der Waals surface area (Å²) in [5, 5.41) is 0. The summed E-state index contributed by atoms with van der Waals surface area (Å²) in [4.78, 5) is 0. The highest BCUT2D eigenvalue weighted by Crippen LogP contribution is 2.69. The molecule has 6 unspecified atom stereocenters. The Balaban J connectivity index is 1.62. The summed E-state index contributed by atoms with van der Waals surface area (Å²) in [6.45, 7) is 11.3. The van der Waals surface area contributed by atoms with Crippen molar-refractivity contribution < 1.29 is 0 Å². The van der Waals surface area contributed by atoms with Gasteiger partial charge in [-0.05, 0) is 110 Å². The average Bonchev–Trinajstić information content (AvgIpc) is 2.98. The van der Waals surface area contributed by atoms with Crippen molar-refractivity contribution in [3.05, 3.63) is 0 Å². The van der Waals surface area contributed by atoms with Gasteiger partial charge in [-0.25, -0.2) is 0 Å². The lowest BCUT2D eigenvalue weighted by atomic mass is 9.42. The number of nitrogens with two attached hydrogens (primary N) is 1. The van der Waals surface area contributed by atoms with Crippen molar-refractivity contribution in [3.8, 4) is 0 Å². The summed E-state index contributed by atoms with van der Waals surface area (Å²) in [5.74, 6) is 6.92. The van der Waals surface area contributed by atoms with Gasteiger partial charge in [0.15, 0.2) is 0 Å². The van der Waals surface area contributed by atoms with Crippen LogP contribution in [0.15, 0.2) is 0 Å². The monoisotopic (exact) mass is 359 g/mol. The largest absolute Gasteiger partial charge is 0.330 e. The maximum atomic E-state index is 5.94. The second-order valence-electron chi connectivity index (χ2n) is 11.4. The molecule has 4 saturated carbocycles. The molecule has 4 fully saturated rings. The van der Waals surface area contributed by atoms with E-state index >= 15 is 0 Å². The van der Waals surface area contributed by atoms with E-state index in [1.54, 1.807) is 6.42 Å². The third-order valence-electron chi connectivity index (χ3n) is 10.7. The Hall–Kier alpha value is -0.0400. The number of rotatable bonds is 4. The van der Waals surface area contributed by atoms with Gasteiger partial charge in [-0.1, -0.05) is 47.0 Å². The number of hydrogen-bond donors (Lipinski definition) is 1. The zero-order valence-corrected chi connectivity index (χ0v) is 18.1. The predicted molar refractivity (Wildman–Crippen MR) is 112 cm³/mol. The minimum absolute atomic E-state index is 0.617. The fourth-order valence-electron chi connectivity index (χ4n) is 9.46. The van der Waals surface area contributed by atoms with E-state index in [-0.39, 0.29) is 0 Å². The molecule has 0 aromatic carbocycles. The summed E-state index contributed by atoms with van der Waals surface area (Å²) in [6.07, 6.45) is 16.4. The van der Waals surface area contributed by atoms with Crippen molar-refractivity contribution in [2.45, 2.75) is 98.3 Å². The maximum absolute atomic E-state index is 5.94. The average molecular weight is 360 g/mol. The molecule has 0 spiro atoms. The van der Waals surface area contributed by atoms with Gasteiger partial charge in [0.05, 0.1) is 0 Å². The van der Waals surface area contributed by atoms with Crippen LogP contribution in [-0.4, -0.2) is 6.54 Å². The molecule has 4 rings (SSSR count). The van der Waals surface area contributed by atoms with Crippen LogP contribution in [0, 0.1) is 52.3 Å². The zero-order chi connectivity index (χ0) is 18.5. The Morgan fingerprint density at radius 3 is 2.42 bits per heavy atom. The molecule has 150 valence electrons. The fraction of sp³-hybridized carbons (Fsp3) is 1.00. The third-order valence-corrected chi connectivity index (χ3v) is 10.7. The molecule has 0 heterocycles. The van der Waals surface area contributed by atoms with Crippen LogP contribution in [0.4, 0.5) is 0 Å². The molecule has 1 nitrogen and oxygen atoms in total. The Kier molecular flexibility index (Phi) is 5.26. The van der Waals surface area contributed by atoms with Crippen LogP contribution in [0.5, 0.6) is 0 Å². The van der Waals surface area contributed by atoms with Gasteiger partial charge in [0.1, 0.15) is 0 Å². The van der Waals surface area contributed by atoms with Gasteiger partial charge in [-0.15, -0.1) is 0 Å². The van der Waals surface area contributed by atoms with Gasteiger partial charge in [-0.2, -0.15) is 0 Å². The summed E-state index contributed by atoms with van der Waals surface area (Å²) in [6, 6.07) is 0. The van der Waals surface area contributed by atoms with Gasteiger partial charge in [0, 0.05) is 0 Å². The molecule has 2 N–H and O–H groups in total. The molecule has 1 heteroatoms. The molecule has 4 aliphatic carbocycles. The topological polar surface area (TPSA) is 26.0 Å². The van der Waals surface area contributed by atoms with Crippen LogP contribution >= 0.6 is 0 Å². The van der Waals surface area contributed by atoms with Crippen molar-refractivity contribution in [2.24, 2.45) is 58.0 Å². The first-order valence-corrected chi connectivity index (χ1v) is 12.2. The van der Waals surface area contributed by atoms with Gasteiger partial charge in [-0.3, -0.25) is 0 Å². The second kappa shape index (κ2) is 7.09. The molecule has 0 radical (unpaired) electrons. The quantitative estimate of drug-likeness (QED) is 0.597. The molecular weight excluding hydrogens is 314 g/mol. The van der Waals surface area contributed by atoms with Crippen molar-refractivity contribution in [3.63, 3.8) is 0 Å². The van der Waals surface area contributed by atoms with Crippen LogP contribution in [0.25, 0.3) is 0 Å². The summed E-state index contributed by atoms with van der Waals surface area (Å²) in [7, 11) is 0.